The number of carbonyl (C=O) groups excluding carboxylic acids is 1. The van der Waals surface area contributed by atoms with Gasteiger partial charge in [-0.25, -0.2) is 13.2 Å². The summed E-state index contributed by atoms with van der Waals surface area (Å²) in [6, 6.07) is -0.776. The maximum atomic E-state index is 12.3. The first kappa shape index (κ1) is 15.2. The van der Waals surface area contributed by atoms with Crippen LogP contribution in [0, 0.1) is 0 Å². The normalized spacial score (nSPS) is 26.6. The Hall–Kier alpha value is -1.15. The molecule has 2 aliphatic rings. The zero-order chi connectivity index (χ0) is 15.0. The van der Waals surface area contributed by atoms with E-state index in [2.05, 4.69) is 5.32 Å². The number of amides is 1. The molecule has 2 N–H and O–H groups in total. The highest BCUT2D eigenvalue weighted by atomic mass is 32.2. The number of aliphatic carboxylic acids is 1. The van der Waals surface area contributed by atoms with Gasteiger partial charge in [0.15, 0.2) is 0 Å². The zero-order valence-electron chi connectivity index (χ0n) is 11.5. The van der Waals surface area contributed by atoms with Crippen LogP contribution < -0.4 is 5.32 Å². The molecular formula is C12H20N2O5S. The molecule has 1 saturated heterocycles. The number of rotatable bonds is 4. The zero-order valence-corrected chi connectivity index (χ0v) is 12.3. The molecule has 1 atom stereocenters. The van der Waals surface area contributed by atoms with Crippen LogP contribution in [0.5, 0.6) is 0 Å². The first-order chi connectivity index (χ1) is 9.26. The van der Waals surface area contributed by atoms with Gasteiger partial charge in [0.1, 0.15) is 11.6 Å². The second kappa shape index (κ2) is 5.33. The van der Waals surface area contributed by atoms with Crippen molar-refractivity contribution >= 4 is 21.9 Å². The third-order valence-corrected chi connectivity index (χ3v) is 5.45. The summed E-state index contributed by atoms with van der Waals surface area (Å²) in [5, 5.41) is 11.9. The number of sulfonamides is 1. The fraction of sp³-hybridized carbons (Fsp3) is 0.833. The minimum absolute atomic E-state index is 0.316. The molecule has 1 aliphatic carbocycles. The molecule has 1 heterocycles. The summed E-state index contributed by atoms with van der Waals surface area (Å²) in [5.74, 6) is -1.52. The van der Waals surface area contributed by atoms with Gasteiger partial charge < -0.3 is 10.4 Å². The number of carboxylic acid groups (broad SMARTS) is 1. The molecule has 1 aliphatic heterocycles. The second-order valence-corrected chi connectivity index (χ2v) is 7.55. The highest BCUT2D eigenvalue weighted by molar-refractivity contribution is 7.88. The molecule has 0 bridgehead atoms. The van der Waals surface area contributed by atoms with Gasteiger partial charge in [-0.3, -0.25) is 4.79 Å². The molecule has 8 heteroatoms. The van der Waals surface area contributed by atoms with Crippen molar-refractivity contribution in [3.05, 3.63) is 0 Å². The Bertz CT molecular complexity index is 510. The van der Waals surface area contributed by atoms with Gasteiger partial charge in [0, 0.05) is 6.54 Å². The summed E-state index contributed by atoms with van der Waals surface area (Å²) < 4.78 is 24.4. The van der Waals surface area contributed by atoms with Gasteiger partial charge in [0.25, 0.3) is 0 Å². The van der Waals surface area contributed by atoms with Crippen LogP contribution in [0.25, 0.3) is 0 Å². The van der Waals surface area contributed by atoms with E-state index in [-0.39, 0.29) is 0 Å². The average Bonchev–Trinajstić information content (AvgIpc) is 2.96. The van der Waals surface area contributed by atoms with E-state index in [9.17, 15) is 23.1 Å². The van der Waals surface area contributed by atoms with Crippen molar-refractivity contribution in [2.75, 3.05) is 12.8 Å². The fourth-order valence-electron chi connectivity index (χ4n) is 3.09. The van der Waals surface area contributed by atoms with Gasteiger partial charge in [-0.2, -0.15) is 4.31 Å². The van der Waals surface area contributed by atoms with Crippen LogP contribution >= 0.6 is 0 Å². The Labute approximate surface area is 118 Å². The molecule has 114 valence electrons. The molecule has 1 saturated carbocycles. The smallest absolute Gasteiger partial charge is 0.329 e. The van der Waals surface area contributed by atoms with Crippen molar-refractivity contribution in [2.45, 2.75) is 50.1 Å². The van der Waals surface area contributed by atoms with Crippen molar-refractivity contribution in [1.82, 2.24) is 9.62 Å². The van der Waals surface area contributed by atoms with E-state index < -0.39 is 33.5 Å². The lowest BCUT2D eigenvalue weighted by molar-refractivity contribution is -0.147. The predicted molar refractivity (Wildman–Crippen MR) is 71.5 cm³/mol. The first-order valence-electron chi connectivity index (χ1n) is 6.78. The molecule has 0 aromatic carbocycles. The van der Waals surface area contributed by atoms with Crippen LogP contribution in [0.4, 0.5) is 0 Å². The number of carboxylic acids is 1. The molecule has 1 unspecified atom stereocenters. The van der Waals surface area contributed by atoms with Crippen LogP contribution in [0.3, 0.4) is 0 Å². The van der Waals surface area contributed by atoms with Crippen molar-refractivity contribution in [3.63, 3.8) is 0 Å². The van der Waals surface area contributed by atoms with Crippen LogP contribution in [0.15, 0.2) is 0 Å². The molecule has 7 nitrogen and oxygen atoms in total. The van der Waals surface area contributed by atoms with Gasteiger partial charge in [0.05, 0.1) is 6.26 Å². The largest absolute Gasteiger partial charge is 0.480 e. The van der Waals surface area contributed by atoms with E-state index in [0.29, 0.717) is 32.2 Å². The summed E-state index contributed by atoms with van der Waals surface area (Å²) in [5.41, 5.74) is -1.22. The molecule has 0 radical (unpaired) electrons. The van der Waals surface area contributed by atoms with E-state index in [0.717, 1.165) is 23.4 Å². The molecule has 2 fully saturated rings. The standard InChI is InChI=1S/C12H20N2O5S/c1-20(18,19)14-8-4-5-9(14)10(15)13-12(11(16)17)6-2-3-7-12/h9H,2-8H2,1H3,(H,13,15)(H,16,17). The SMILES string of the molecule is CS(=O)(=O)N1CCCC1C(=O)NC1(C(=O)O)CCCC1. The third kappa shape index (κ3) is 2.80. The van der Waals surface area contributed by atoms with E-state index in [1.807, 2.05) is 0 Å². The van der Waals surface area contributed by atoms with Crippen LogP contribution in [-0.2, 0) is 19.6 Å². The summed E-state index contributed by atoms with van der Waals surface area (Å²) in [6.45, 7) is 0.316. The monoisotopic (exact) mass is 304 g/mol. The molecular weight excluding hydrogens is 284 g/mol. The highest BCUT2D eigenvalue weighted by Crippen LogP contribution is 2.31. The van der Waals surface area contributed by atoms with E-state index in [1.165, 1.54) is 0 Å². The maximum Gasteiger partial charge on any atom is 0.329 e. The summed E-state index contributed by atoms with van der Waals surface area (Å²) in [7, 11) is -3.45. The van der Waals surface area contributed by atoms with Crippen LogP contribution in [0.1, 0.15) is 38.5 Å². The van der Waals surface area contributed by atoms with Crippen molar-refractivity contribution in [2.24, 2.45) is 0 Å². The van der Waals surface area contributed by atoms with E-state index in [4.69, 9.17) is 0 Å². The lowest BCUT2D eigenvalue weighted by atomic mass is 9.97. The van der Waals surface area contributed by atoms with Gasteiger partial charge >= 0.3 is 5.97 Å². The fourth-order valence-corrected chi connectivity index (χ4v) is 4.21. The summed E-state index contributed by atoms with van der Waals surface area (Å²) in [6.07, 6.45) is 4.44. The quantitative estimate of drug-likeness (QED) is 0.756. The van der Waals surface area contributed by atoms with Gasteiger partial charge in [0.2, 0.25) is 15.9 Å². The van der Waals surface area contributed by atoms with E-state index >= 15 is 0 Å². The Morgan fingerprint density at radius 3 is 2.35 bits per heavy atom. The number of carbonyl (C=O) groups is 2. The highest BCUT2D eigenvalue weighted by Gasteiger charge is 2.45. The lowest BCUT2D eigenvalue weighted by Crippen LogP contribution is -2.57. The Balaban J connectivity index is 2.13. The van der Waals surface area contributed by atoms with Crippen molar-refractivity contribution in [1.29, 1.82) is 0 Å². The topological polar surface area (TPSA) is 104 Å². The van der Waals surface area contributed by atoms with Crippen LogP contribution in [-0.4, -0.2) is 54.1 Å². The first-order valence-corrected chi connectivity index (χ1v) is 8.63. The molecule has 2 rings (SSSR count). The molecule has 1 amide bonds. The molecule has 0 aromatic rings. The summed E-state index contributed by atoms with van der Waals surface area (Å²) in [4.78, 5) is 23.7. The third-order valence-electron chi connectivity index (χ3n) is 4.16. The van der Waals surface area contributed by atoms with Crippen molar-refractivity contribution < 1.29 is 23.1 Å². The maximum absolute atomic E-state index is 12.3. The lowest BCUT2D eigenvalue weighted by Gasteiger charge is -2.29. The van der Waals surface area contributed by atoms with E-state index in [1.54, 1.807) is 0 Å². The Kier molecular flexibility index (Phi) is 4.06. The summed E-state index contributed by atoms with van der Waals surface area (Å²) >= 11 is 0. The molecule has 0 spiro atoms. The number of hydrogen-bond donors (Lipinski definition) is 2. The number of nitrogens with one attached hydrogen (secondary N) is 1. The number of nitrogens with zero attached hydrogens (tertiary/aromatic N) is 1. The van der Waals surface area contributed by atoms with Crippen LogP contribution in [0.2, 0.25) is 0 Å². The molecule has 0 aromatic heterocycles. The predicted octanol–water partition coefficient (Wildman–Crippen LogP) is -0.0760. The van der Waals surface area contributed by atoms with Gasteiger partial charge in [-0.15, -0.1) is 0 Å². The van der Waals surface area contributed by atoms with Gasteiger partial charge in [-0.1, -0.05) is 12.8 Å². The average molecular weight is 304 g/mol. The number of hydrogen-bond acceptors (Lipinski definition) is 4. The Morgan fingerprint density at radius 1 is 1.25 bits per heavy atom. The Morgan fingerprint density at radius 2 is 1.85 bits per heavy atom. The van der Waals surface area contributed by atoms with Gasteiger partial charge in [-0.05, 0) is 25.7 Å². The second-order valence-electron chi connectivity index (χ2n) is 5.62. The minimum Gasteiger partial charge on any atom is -0.480 e. The van der Waals surface area contributed by atoms with Crippen molar-refractivity contribution in [3.8, 4) is 0 Å². The molecule has 20 heavy (non-hydrogen) atoms. The minimum atomic E-state index is -3.45.